The minimum atomic E-state index is -0.345. The van der Waals surface area contributed by atoms with Gasteiger partial charge in [-0.15, -0.1) is 0 Å². The van der Waals surface area contributed by atoms with Gasteiger partial charge in [0.2, 0.25) is 0 Å². The number of hydrogen-bond acceptors (Lipinski definition) is 3. The van der Waals surface area contributed by atoms with Gasteiger partial charge in [0.25, 0.3) is 5.91 Å². The number of nitrogens with one attached hydrogen (secondary N) is 2. The van der Waals surface area contributed by atoms with Crippen molar-refractivity contribution in [2.45, 2.75) is 130 Å². The Morgan fingerprint density at radius 3 is 1.85 bits per heavy atom. The van der Waals surface area contributed by atoms with Crippen molar-refractivity contribution in [3.63, 3.8) is 0 Å². The molecule has 0 fully saturated rings. The summed E-state index contributed by atoms with van der Waals surface area (Å²) in [6.45, 7) is 6.13. The molecule has 0 atom stereocenters. The quantitative estimate of drug-likeness (QED) is 0.104. The van der Waals surface area contributed by atoms with Gasteiger partial charge >= 0.3 is 6.09 Å². The Bertz CT molecular complexity index is 961. The predicted octanol–water partition coefficient (Wildman–Crippen LogP) is 8.78. The summed E-state index contributed by atoms with van der Waals surface area (Å²) in [5.74, 6) is -0.134. The molecular formula is C35H56N3O3+. The molecule has 6 heteroatoms. The van der Waals surface area contributed by atoms with Gasteiger partial charge < -0.3 is 15.4 Å². The Morgan fingerprint density at radius 1 is 0.732 bits per heavy atom. The highest BCUT2D eigenvalue weighted by Crippen LogP contribution is 2.14. The fourth-order valence-electron chi connectivity index (χ4n) is 4.99. The first-order chi connectivity index (χ1) is 20.1. The van der Waals surface area contributed by atoms with Gasteiger partial charge in [-0.05, 0) is 37.1 Å². The highest BCUT2D eigenvalue weighted by Gasteiger charge is 2.10. The first-order valence-electron chi connectivity index (χ1n) is 16.4. The van der Waals surface area contributed by atoms with Gasteiger partial charge in [0.1, 0.15) is 12.1 Å². The van der Waals surface area contributed by atoms with E-state index in [-0.39, 0.29) is 12.0 Å². The van der Waals surface area contributed by atoms with Crippen LogP contribution < -0.4 is 15.2 Å². The Kier molecular flexibility index (Phi) is 19.0. The van der Waals surface area contributed by atoms with Crippen molar-refractivity contribution in [1.29, 1.82) is 0 Å². The van der Waals surface area contributed by atoms with Crippen LogP contribution in [-0.4, -0.2) is 25.2 Å². The highest BCUT2D eigenvalue weighted by atomic mass is 16.5. The van der Waals surface area contributed by atoms with Crippen molar-refractivity contribution >= 4 is 17.7 Å². The Labute approximate surface area is 249 Å². The minimum absolute atomic E-state index is 0.134. The number of anilines is 1. The number of carbonyl (C=O) groups is 2. The van der Waals surface area contributed by atoms with Crippen LogP contribution in [0.4, 0.5) is 10.5 Å². The van der Waals surface area contributed by atoms with E-state index in [1.807, 2.05) is 54.2 Å². The van der Waals surface area contributed by atoms with E-state index in [1.165, 1.54) is 89.9 Å². The molecule has 1 aromatic carbocycles. The molecule has 2 aromatic rings. The molecule has 0 unspecified atom stereocenters. The number of aromatic nitrogens is 1. The van der Waals surface area contributed by atoms with Gasteiger partial charge in [0.05, 0.1) is 6.61 Å². The first-order valence-corrected chi connectivity index (χ1v) is 16.4. The third-order valence-electron chi connectivity index (χ3n) is 7.62. The van der Waals surface area contributed by atoms with Gasteiger partial charge in [0, 0.05) is 24.7 Å². The molecule has 228 valence electrons. The number of alkyl carbamates (subject to hydrolysis) is 1. The van der Waals surface area contributed by atoms with Gasteiger partial charge in [-0.25, -0.2) is 9.36 Å². The zero-order valence-electron chi connectivity index (χ0n) is 25.9. The van der Waals surface area contributed by atoms with E-state index in [0.717, 1.165) is 30.6 Å². The fraction of sp³-hybridized carbons (Fsp3) is 0.629. The maximum Gasteiger partial charge on any atom is 0.407 e. The summed E-state index contributed by atoms with van der Waals surface area (Å²) in [4.78, 5) is 24.5. The molecule has 6 nitrogen and oxygen atoms in total. The Balaban J connectivity index is 1.40. The highest BCUT2D eigenvalue weighted by molar-refractivity contribution is 6.03. The summed E-state index contributed by atoms with van der Waals surface area (Å²) in [7, 11) is 0. The summed E-state index contributed by atoms with van der Waals surface area (Å²) < 4.78 is 7.29. The van der Waals surface area contributed by atoms with Crippen LogP contribution in [0.25, 0.3) is 0 Å². The molecule has 0 aliphatic carbocycles. The predicted molar refractivity (Wildman–Crippen MR) is 169 cm³/mol. The molecule has 0 bridgehead atoms. The SMILES string of the molecule is CCCCCCCCCCCCCCCCCCNC(=O)OCCc1ccc(NC(=O)c2ccc[n+](CC)c2)cc1. The monoisotopic (exact) mass is 566 g/mol. The summed E-state index contributed by atoms with van der Waals surface area (Å²) in [6, 6.07) is 11.3. The van der Waals surface area contributed by atoms with E-state index in [1.54, 1.807) is 6.07 Å². The number of unbranched alkanes of at least 4 members (excludes halogenated alkanes) is 15. The van der Waals surface area contributed by atoms with Crippen LogP contribution in [0.3, 0.4) is 0 Å². The summed E-state index contributed by atoms with van der Waals surface area (Å²) in [6.07, 6.45) is 25.6. The summed E-state index contributed by atoms with van der Waals surface area (Å²) >= 11 is 0. The maximum absolute atomic E-state index is 12.5. The van der Waals surface area contributed by atoms with Gasteiger partial charge in [-0.3, -0.25) is 4.79 Å². The lowest BCUT2D eigenvalue weighted by Crippen LogP contribution is -2.32. The lowest BCUT2D eigenvalue weighted by atomic mass is 10.0. The normalized spacial score (nSPS) is 10.9. The Hall–Kier alpha value is -2.89. The number of aryl methyl sites for hydroxylation is 1. The van der Waals surface area contributed by atoms with Gasteiger partial charge in [0.15, 0.2) is 12.4 Å². The molecular weight excluding hydrogens is 510 g/mol. The van der Waals surface area contributed by atoms with Crippen LogP contribution in [0.2, 0.25) is 0 Å². The second-order valence-corrected chi connectivity index (χ2v) is 11.2. The second-order valence-electron chi connectivity index (χ2n) is 11.2. The molecule has 0 radical (unpaired) electrons. The second kappa shape index (κ2) is 22.8. The molecule has 0 saturated carbocycles. The largest absolute Gasteiger partial charge is 0.449 e. The average Bonchev–Trinajstić information content (AvgIpc) is 2.99. The zero-order valence-corrected chi connectivity index (χ0v) is 25.9. The molecule has 0 aliphatic heterocycles. The van der Waals surface area contributed by atoms with Crippen molar-refractivity contribution in [2.75, 3.05) is 18.5 Å². The fourth-order valence-corrected chi connectivity index (χ4v) is 4.99. The van der Waals surface area contributed by atoms with E-state index in [2.05, 4.69) is 17.6 Å². The summed E-state index contributed by atoms with van der Waals surface area (Å²) in [5, 5.41) is 5.79. The van der Waals surface area contributed by atoms with Crippen LogP contribution in [0.15, 0.2) is 48.8 Å². The average molecular weight is 567 g/mol. The number of nitrogens with zero attached hydrogens (tertiary/aromatic N) is 1. The number of hydrogen-bond donors (Lipinski definition) is 2. The van der Waals surface area contributed by atoms with E-state index < -0.39 is 0 Å². The van der Waals surface area contributed by atoms with Crippen molar-refractivity contribution in [1.82, 2.24) is 5.32 Å². The van der Waals surface area contributed by atoms with Crippen LogP contribution in [0.5, 0.6) is 0 Å². The summed E-state index contributed by atoms with van der Waals surface area (Å²) in [5.41, 5.74) is 2.41. The Morgan fingerprint density at radius 2 is 1.29 bits per heavy atom. The van der Waals surface area contributed by atoms with Gasteiger partial charge in [-0.1, -0.05) is 115 Å². The third-order valence-corrected chi connectivity index (χ3v) is 7.62. The minimum Gasteiger partial charge on any atom is -0.449 e. The van der Waals surface area contributed by atoms with E-state index in [4.69, 9.17) is 4.74 Å². The van der Waals surface area contributed by atoms with Crippen molar-refractivity contribution in [2.24, 2.45) is 0 Å². The van der Waals surface area contributed by atoms with Crippen molar-refractivity contribution in [3.05, 3.63) is 59.9 Å². The number of benzene rings is 1. The molecule has 2 amide bonds. The van der Waals surface area contributed by atoms with Crippen LogP contribution in [-0.2, 0) is 17.7 Å². The molecule has 0 saturated heterocycles. The lowest BCUT2D eigenvalue weighted by molar-refractivity contribution is -0.693. The third kappa shape index (κ3) is 16.8. The van der Waals surface area contributed by atoms with Crippen LogP contribution in [0, 0.1) is 0 Å². The number of amides is 2. The first kappa shape index (κ1) is 34.3. The van der Waals surface area contributed by atoms with E-state index >= 15 is 0 Å². The smallest absolute Gasteiger partial charge is 0.407 e. The van der Waals surface area contributed by atoms with Crippen molar-refractivity contribution < 1.29 is 18.9 Å². The topological polar surface area (TPSA) is 71.3 Å². The number of pyridine rings is 1. The molecule has 1 heterocycles. The van der Waals surface area contributed by atoms with Crippen LogP contribution in [0.1, 0.15) is 133 Å². The maximum atomic E-state index is 12.5. The van der Waals surface area contributed by atoms with E-state index in [0.29, 0.717) is 25.1 Å². The molecule has 2 N–H and O–H groups in total. The van der Waals surface area contributed by atoms with Crippen molar-refractivity contribution in [3.8, 4) is 0 Å². The molecule has 0 aliphatic rings. The number of rotatable bonds is 23. The van der Waals surface area contributed by atoms with E-state index in [9.17, 15) is 9.59 Å². The standard InChI is InChI=1S/C35H55N3O3/c1-3-5-6-7-8-9-10-11-12-13-14-15-16-17-18-19-27-36-35(40)41-29-26-31-22-24-33(25-23-31)37-34(39)32-21-20-28-38(4-2)30-32/h20-25,28,30H,3-19,26-27,29H2,1-2H3,(H-,36,37,39,40)/p+1. The number of ether oxygens (including phenoxy) is 1. The molecule has 41 heavy (non-hydrogen) atoms. The molecule has 1 aromatic heterocycles. The molecule has 2 rings (SSSR count). The lowest BCUT2D eigenvalue weighted by Gasteiger charge is -2.08. The number of carbonyl (C=O) groups excluding carboxylic acids is 2. The molecule has 0 spiro atoms. The zero-order chi connectivity index (χ0) is 29.4. The van der Waals surface area contributed by atoms with Gasteiger partial charge in [-0.2, -0.15) is 0 Å². The van der Waals surface area contributed by atoms with Crippen LogP contribution >= 0.6 is 0 Å².